The smallest absolute Gasteiger partial charge is 0.226 e. The molecule has 11 heteroatoms. The molecule has 1 saturated heterocycles. The van der Waals surface area contributed by atoms with E-state index in [1.807, 2.05) is 46.7 Å². The summed E-state index contributed by atoms with van der Waals surface area (Å²) < 4.78 is 11.8. The zero-order valence-electron chi connectivity index (χ0n) is 30.9. The highest BCUT2D eigenvalue weighted by Crippen LogP contribution is 2.31. The van der Waals surface area contributed by atoms with Crippen LogP contribution in [-0.2, 0) is 33.4 Å². The molecule has 0 spiro atoms. The number of ketones is 1. The van der Waals surface area contributed by atoms with Gasteiger partial charge in [0.25, 0.3) is 0 Å². The molecule has 0 radical (unpaired) electrons. The Bertz CT molecular complexity index is 995. The maximum Gasteiger partial charge on any atom is 0.226 e. The molecule has 9 atom stereocenters. The predicted molar refractivity (Wildman–Crippen MR) is 180 cm³/mol. The topological polar surface area (TPSA) is 126 Å². The first kappa shape index (κ1) is 41.7. The van der Waals surface area contributed by atoms with Crippen molar-refractivity contribution in [2.75, 3.05) is 41.9 Å². The summed E-state index contributed by atoms with van der Waals surface area (Å²) in [4.78, 5) is 70.9. The summed E-state index contributed by atoms with van der Waals surface area (Å²) in [6.07, 6.45) is 1.96. The van der Waals surface area contributed by atoms with E-state index in [0.717, 1.165) is 12.8 Å². The van der Waals surface area contributed by atoms with Gasteiger partial charge in [0.05, 0.1) is 48.7 Å². The van der Waals surface area contributed by atoms with Gasteiger partial charge in [-0.3, -0.25) is 24.1 Å². The summed E-state index contributed by atoms with van der Waals surface area (Å²) in [5.74, 6) is -1.50. The molecule has 1 N–H and O–H groups in total. The fraction of sp³-hybridized carbons (Fsp3) is 0.857. The van der Waals surface area contributed by atoms with E-state index in [9.17, 15) is 24.0 Å². The van der Waals surface area contributed by atoms with Gasteiger partial charge in [-0.15, -0.1) is 0 Å². The molecule has 1 rings (SSSR count). The SMILES string of the molecule is CC[C@H](C)[C@@H]([C@@H](CC(=O)N1CCC[C@H]1[C@H](OC)[C@@H](C)C(=O)N[C@@H](C)C=O)OC)N(C)C(=O)[C@@H](CC(=O)[C@H](C(C)C)N(C)C)C(C)C. The first-order valence-corrected chi connectivity index (χ1v) is 17.0. The van der Waals surface area contributed by atoms with Crippen LogP contribution in [0.15, 0.2) is 0 Å². The predicted octanol–water partition coefficient (Wildman–Crippen LogP) is 3.43. The molecule has 1 fully saturated rings. The Balaban J connectivity index is 3.26. The third kappa shape index (κ3) is 10.8. The zero-order chi connectivity index (χ0) is 35.5. The minimum Gasteiger partial charge on any atom is -0.379 e. The molecule has 3 amide bonds. The van der Waals surface area contributed by atoms with Crippen molar-refractivity contribution in [2.45, 2.75) is 124 Å². The average molecular weight is 653 g/mol. The Hall–Kier alpha value is -2.37. The van der Waals surface area contributed by atoms with Crippen LogP contribution in [0.3, 0.4) is 0 Å². The number of rotatable bonds is 20. The maximum atomic E-state index is 14.2. The molecule has 46 heavy (non-hydrogen) atoms. The second-order valence-electron chi connectivity index (χ2n) is 14.2. The summed E-state index contributed by atoms with van der Waals surface area (Å²) in [6.45, 7) is 16.0. The molecule has 1 heterocycles. The number of nitrogens with one attached hydrogen (secondary N) is 1. The van der Waals surface area contributed by atoms with Gasteiger partial charge in [0.2, 0.25) is 17.7 Å². The second-order valence-corrected chi connectivity index (χ2v) is 14.2. The van der Waals surface area contributed by atoms with E-state index in [4.69, 9.17) is 9.47 Å². The number of carbonyl (C=O) groups is 5. The van der Waals surface area contributed by atoms with Crippen LogP contribution in [0.1, 0.15) is 87.5 Å². The maximum absolute atomic E-state index is 14.2. The number of hydrogen-bond donors (Lipinski definition) is 1. The molecule has 0 saturated carbocycles. The average Bonchev–Trinajstić information content (AvgIpc) is 3.48. The number of carbonyl (C=O) groups excluding carboxylic acids is 5. The van der Waals surface area contributed by atoms with Crippen LogP contribution in [-0.4, -0.2) is 123 Å². The van der Waals surface area contributed by atoms with Gasteiger partial charge in [-0.2, -0.15) is 0 Å². The lowest BCUT2D eigenvalue weighted by atomic mass is 9.83. The van der Waals surface area contributed by atoms with Crippen molar-refractivity contribution < 1.29 is 33.4 Å². The number of likely N-dealkylation sites (N-methyl/N-ethyl adjacent to an activating group) is 2. The molecular formula is C35H64N4O7. The Kier molecular flexibility index (Phi) is 17.6. The lowest BCUT2D eigenvalue weighted by molar-refractivity contribution is -0.149. The number of methoxy groups -OCH3 is 2. The Morgan fingerprint density at radius 2 is 1.54 bits per heavy atom. The molecule has 0 bridgehead atoms. The lowest BCUT2D eigenvalue weighted by Gasteiger charge is -2.41. The Morgan fingerprint density at radius 1 is 0.935 bits per heavy atom. The molecule has 0 unspecified atom stereocenters. The van der Waals surface area contributed by atoms with E-state index < -0.39 is 36.1 Å². The van der Waals surface area contributed by atoms with Gasteiger partial charge >= 0.3 is 0 Å². The van der Waals surface area contributed by atoms with Gasteiger partial charge < -0.3 is 29.4 Å². The van der Waals surface area contributed by atoms with Crippen molar-refractivity contribution in [2.24, 2.45) is 29.6 Å². The number of Topliss-reactive ketones (excluding diaryl/α,β-unsaturated/α-hetero) is 1. The second kappa shape index (κ2) is 19.5. The number of hydrogen-bond acceptors (Lipinski definition) is 8. The minimum atomic E-state index is -0.619. The van der Waals surface area contributed by atoms with E-state index in [1.165, 1.54) is 7.11 Å². The number of amides is 3. The van der Waals surface area contributed by atoms with Gasteiger partial charge in [-0.25, -0.2) is 0 Å². The molecule has 0 aliphatic carbocycles. The van der Waals surface area contributed by atoms with Gasteiger partial charge in [-0.1, -0.05) is 54.9 Å². The highest BCUT2D eigenvalue weighted by atomic mass is 16.5. The van der Waals surface area contributed by atoms with Gasteiger partial charge in [0, 0.05) is 40.2 Å². The van der Waals surface area contributed by atoms with Crippen molar-refractivity contribution in [1.82, 2.24) is 20.0 Å². The first-order chi connectivity index (χ1) is 21.5. The third-order valence-electron chi connectivity index (χ3n) is 9.89. The van der Waals surface area contributed by atoms with Gasteiger partial charge in [0.1, 0.15) is 6.29 Å². The summed E-state index contributed by atoms with van der Waals surface area (Å²) in [5.41, 5.74) is 0. The van der Waals surface area contributed by atoms with Crippen LogP contribution in [0.5, 0.6) is 0 Å². The zero-order valence-corrected chi connectivity index (χ0v) is 30.9. The molecule has 11 nitrogen and oxygen atoms in total. The molecular weight excluding hydrogens is 588 g/mol. The highest BCUT2D eigenvalue weighted by molar-refractivity contribution is 5.90. The largest absolute Gasteiger partial charge is 0.379 e. The van der Waals surface area contributed by atoms with Crippen molar-refractivity contribution in [3.8, 4) is 0 Å². The molecule has 266 valence electrons. The molecule has 0 aromatic carbocycles. The Labute approximate surface area is 278 Å². The number of ether oxygens (including phenoxy) is 2. The van der Waals surface area contributed by atoms with Crippen LogP contribution < -0.4 is 5.32 Å². The molecule has 1 aliphatic rings. The van der Waals surface area contributed by atoms with E-state index in [1.54, 1.807) is 37.8 Å². The van der Waals surface area contributed by atoms with Crippen molar-refractivity contribution in [1.29, 1.82) is 0 Å². The lowest BCUT2D eigenvalue weighted by Crippen LogP contribution is -2.54. The van der Waals surface area contributed by atoms with Crippen molar-refractivity contribution in [3.05, 3.63) is 0 Å². The minimum absolute atomic E-state index is 0.0185. The standard InChI is InChI=1S/C35H64N4O7/c1-14-23(6)32(38(11)35(44)26(21(2)3)18-28(41)31(22(4)5)37(9)10)29(45-12)19-30(42)39-17-15-16-27(39)33(46-13)25(8)34(43)36-24(7)20-40/h20-27,29,31-33H,14-19H2,1-13H3,(H,36,43)/t23-,24-,25+,26-,27-,29+,31-,32-,33+/m0/s1. The van der Waals surface area contributed by atoms with Crippen LogP contribution in [0.4, 0.5) is 0 Å². The first-order valence-electron chi connectivity index (χ1n) is 17.0. The number of aldehydes is 1. The third-order valence-corrected chi connectivity index (χ3v) is 9.89. The van der Waals surface area contributed by atoms with Crippen LogP contribution in [0, 0.1) is 29.6 Å². The van der Waals surface area contributed by atoms with Gasteiger partial charge in [-0.05, 0) is 51.6 Å². The van der Waals surface area contributed by atoms with E-state index >= 15 is 0 Å². The van der Waals surface area contributed by atoms with Crippen LogP contribution in [0.25, 0.3) is 0 Å². The molecule has 0 aromatic heterocycles. The van der Waals surface area contributed by atoms with E-state index in [2.05, 4.69) is 19.2 Å². The molecule has 1 aliphatic heterocycles. The monoisotopic (exact) mass is 652 g/mol. The quantitative estimate of drug-likeness (QED) is 0.199. The van der Waals surface area contributed by atoms with Gasteiger partial charge in [0.15, 0.2) is 5.78 Å². The fourth-order valence-corrected chi connectivity index (χ4v) is 7.16. The number of nitrogens with zero attached hydrogens (tertiary/aromatic N) is 3. The van der Waals surface area contributed by atoms with E-state index in [0.29, 0.717) is 19.3 Å². The van der Waals surface area contributed by atoms with E-state index in [-0.39, 0.29) is 66.2 Å². The summed E-state index contributed by atoms with van der Waals surface area (Å²) in [7, 11) is 8.65. The van der Waals surface area contributed by atoms with Crippen molar-refractivity contribution >= 4 is 29.8 Å². The fourth-order valence-electron chi connectivity index (χ4n) is 7.16. The summed E-state index contributed by atoms with van der Waals surface area (Å²) in [6, 6.07) is -1.61. The summed E-state index contributed by atoms with van der Waals surface area (Å²) >= 11 is 0. The van der Waals surface area contributed by atoms with Crippen LogP contribution in [0.2, 0.25) is 0 Å². The molecule has 0 aromatic rings. The summed E-state index contributed by atoms with van der Waals surface area (Å²) in [5, 5.41) is 2.68. The normalized spacial score (nSPS) is 20.5. The highest BCUT2D eigenvalue weighted by Gasteiger charge is 2.43. The number of likely N-dealkylation sites (tertiary alicyclic amines) is 1. The Morgan fingerprint density at radius 3 is 2.00 bits per heavy atom. The van der Waals surface area contributed by atoms with Crippen LogP contribution >= 0.6 is 0 Å². The van der Waals surface area contributed by atoms with Crippen molar-refractivity contribution in [3.63, 3.8) is 0 Å².